The summed E-state index contributed by atoms with van der Waals surface area (Å²) in [6.07, 6.45) is 1.31. The first-order chi connectivity index (χ1) is 17.6. The van der Waals surface area contributed by atoms with Crippen LogP contribution in [0.2, 0.25) is 0 Å². The molecule has 0 unspecified atom stereocenters. The second kappa shape index (κ2) is 9.04. The third kappa shape index (κ3) is 4.73. The van der Waals surface area contributed by atoms with Crippen LogP contribution >= 0.6 is 0 Å². The Morgan fingerprint density at radius 3 is 2.76 bits per heavy atom. The minimum atomic E-state index is -1.02. The molecule has 2 aromatic carbocycles. The molecule has 12 heteroatoms. The number of benzene rings is 2. The van der Waals surface area contributed by atoms with E-state index >= 15 is 0 Å². The predicted octanol–water partition coefficient (Wildman–Crippen LogP) is 4.54. The molecule has 5 rings (SSSR count). The molecule has 0 bridgehead atoms. The Morgan fingerprint density at radius 1 is 1.19 bits per heavy atom. The number of hydrogen-bond donors (Lipinski definition) is 1. The quantitative estimate of drug-likeness (QED) is 0.224. The van der Waals surface area contributed by atoms with Crippen molar-refractivity contribution in [1.82, 2.24) is 9.97 Å². The lowest BCUT2D eigenvalue weighted by Gasteiger charge is -2.39. The molecule has 37 heavy (non-hydrogen) atoms. The van der Waals surface area contributed by atoms with Crippen LogP contribution < -0.4 is 25.2 Å². The van der Waals surface area contributed by atoms with Crippen LogP contribution in [-0.4, -0.2) is 33.7 Å². The van der Waals surface area contributed by atoms with E-state index in [1.165, 1.54) is 25.6 Å². The van der Waals surface area contributed by atoms with Gasteiger partial charge in [-0.05, 0) is 31.5 Å². The van der Waals surface area contributed by atoms with Gasteiger partial charge in [-0.1, -0.05) is 0 Å². The van der Waals surface area contributed by atoms with E-state index in [0.717, 1.165) is 23.1 Å². The van der Waals surface area contributed by atoms with Crippen molar-refractivity contribution in [3.8, 4) is 17.4 Å². The van der Waals surface area contributed by atoms with Gasteiger partial charge in [0.2, 0.25) is 11.7 Å². The molecule has 11 nitrogen and oxygen atoms in total. The summed E-state index contributed by atoms with van der Waals surface area (Å²) in [6, 6.07) is 10.1. The van der Waals surface area contributed by atoms with Crippen LogP contribution in [-0.2, 0) is 6.42 Å². The maximum absolute atomic E-state index is 14.0. The van der Waals surface area contributed by atoms with E-state index in [9.17, 15) is 19.3 Å². The Hall–Kier alpha value is -4.74. The molecule has 1 atom stereocenters. The van der Waals surface area contributed by atoms with Gasteiger partial charge in [-0.15, -0.1) is 0 Å². The first kappa shape index (κ1) is 24.0. The molecule has 4 aromatic rings. The Labute approximate surface area is 209 Å². The standard InChI is InChI=1S/C25H21FN4O7/c1-25(2)21(7-14-6-13-4-5-24(31)35-18(13)10-19(14)37-25)36-23-11-22(27-12-28-23)29-16-9-17(30(32)33)15(26)8-20(16)34-3/h4-6,8-12,21H,7H2,1-3H3,(H,27,28,29)/t21-/m0/s1. The smallest absolute Gasteiger partial charge is 0.336 e. The Bertz CT molecular complexity index is 1590. The number of nitro benzene ring substituents is 1. The number of nitrogens with zero attached hydrogens (tertiary/aromatic N) is 3. The van der Waals surface area contributed by atoms with Crippen molar-refractivity contribution in [3.05, 3.63) is 80.7 Å². The van der Waals surface area contributed by atoms with Crippen molar-refractivity contribution in [2.24, 2.45) is 0 Å². The Morgan fingerprint density at radius 2 is 2.00 bits per heavy atom. The largest absolute Gasteiger partial charge is 0.494 e. The zero-order chi connectivity index (χ0) is 26.3. The Balaban J connectivity index is 1.40. The molecule has 0 spiro atoms. The number of ether oxygens (including phenoxy) is 3. The molecule has 0 amide bonds. The van der Waals surface area contributed by atoms with Crippen LogP contribution in [0.15, 0.2) is 58.0 Å². The number of hydrogen-bond acceptors (Lipinski definition) is 10. The third-order valence-corrected chi connectivity index (χ3v) is 5.99. The first-order valence-corrected chi connectivity index (χ1v) is 11.2. The van der Waals surface area contributed by atoms with Crippen LogP contribution in [0.3, 0.4) is 0 Å². The van der Waals surface area contributed by atoms with Crippen LogP contribution in [0, 0.1) is 15.9 Å². The molecule has 0 saturated carbocycles. The maximum atomic E-state index is 14.0. The molecule has 1 aliphatic heterocycles. The molecule has 1 aliphatic rings. The molecule has 0 fully saturated rings. The van der Waals surface area contributed by atoms with E-state index in [-0.39, 0.29) is 23.1 Å². The van der Waals surface area contributed by atoms with Crippen molar-refractivity contribution in [2.75, 3.05) is 12.4 Å². The van der Waals surface area contributed by atoms with Crippen LogP contribution in [0.1, 0.15) is 19.4 Å². The molecule has 3 heterocycles. The molecule has 0 radical (unpaired) electrons. The van der Waals surface area contributed by atoms with Crippen LogP contribution in [0.4, 0.5) is 21.6 Å². The lowest BCUT2D eigenvalue weighted by atomic mass is 9.90. The fourth-order valence-electron chi connectivity index (χ4n) is 4.08. The topological polar surface area (TPSA) is 139 Å². The molecule has 2 aromatic heterocycles. The maximum Gasteiger partial charge on any atom is 0.336 e. The zero-order valence-electron chi connectivity index (χ0n) is 20.0. The minimum Gasteiger partial charge on any atom is -0.494 e. The average Bonchev–Trinajstić information content (AvgIpc) is 2.84. The number of nitrogens with one attached hydrogen (secondary N) is 1. The lowest BCUT2D eigenvalue weighted by molar-refractivity contribution is -0.387. The number of aromatic nitrogens is 2. The van der Waals surface area contributed by atoms with Gasteiger partial charge in [-0.2, -0.15) is 4.39 Å². The van der Waals surface area contributed by atoms with E-state index in [1.807, 2.05) is 19.9 Å². The molecular weight excluding hydrogens is 487 g/mol. The second-order valence-corrected chi connectivity index (χ2v) is 8.90. The van der Waals surface area contributed by atoms with Gasteiger partial charge in [0.15, 0.2) is 0 Å². The van der Waals surface area contributed by atoms with Crippen LogP contribution in [0.25, 0.3) is 11.0 Å². The minimum absolute atomic E-state index is 0.0608. The van der Waals surface area contributed by atoms with Crippen molar-refractivity contribution < 1.29 is 27.9 Å². The summed E-state index contributed by atoms with van der Waals surface area (Å²) in [7, 11) is 1.32. The van der Waals surface area contributed by atoms with E-state index < -0.39 is 33.8 Å². The molecule has 0 aliphatic carbocycles. The van der Waals surface area contributed by atoms with Gasteiger partial charge in [0.25, 0.3) is 0 Å². The Kier molecular flexibility index (Phi) is 5.86. The highest BCUT2D eigenvalue weighted by atomic mass is 19.1. The summed E-state index contributed by atoms with van der Waals surface area (Å²) in [4.78, 5) is 30.2. The third-order valence-electron chi connectivity index (χ3n) is 5.99. The van der Waals surface area contributed by atoms with Gasteiger partial charge in [-0.3, -0.25) is 10.1 Å². The summed E-state index contributed by atoms with van der Waals surface area (Å²) >= 11 is 0. The lowest BCUT2D eigenvalue weighted by Crippen LogP contribution is -2.49. The predicted molar refractivity (Wildman–Crippen MR) is 130 cm³/mol. The van der Waals surface area contributed by atoms with Gasteiger partial charge in [0.1, 0.15) is 40.9 Å². The average molecular weight is 508 g/mol. The van der Waals surface area contributed by atoms with Crippen LogP contribution in [0.5, 0.6) is 17.4 Å². The van der Waals surface area contributed by atoms with Gasteiger partial charge < -0.3 is 23.9 Å². The number of methoxy groups -OCH3 is 1. The normalized spacial score (nSPS) is 15.9. The fourth-order valence-corrected chi connectivity index (χ4v) is 4.08. The number of anilines is 2. The zero-order valence-corrected chi connectivity index (χ0v) is 20.0. The summed E-state index contributed by atoms with van der Waals surface area (Å²) in [5, 5.41) is 14.8. The van der Waals surface area contributed by atoms with Gasteiger partial charge in [0.05, 0.1) is 17.7 Å². The SMILES string of the molecule is COc1cc(F)c([N+](=O)[O-])cc1Nc1cc(O[C@H]2Cc3cc4ccc(=O)oc4cc3OC2(C)C)ncn1. The molecule has 0 saturated heterocycles. The highest BCUT2D eigenvalue weighted by Crippen LogP contribution is 2.38. The monoisotopic (exact) mass is 508 g/mol. The highest BCUT2D eigenvalue weighted by Gasteiger charge is 2.39. The molecule has 190 valence electrons. The number of rotatable bonds is 6. The number of fused-ring (bicyclic) bond motifs is 2. The van der Waals surface area contributed by atoms with E-state index in [0.29, 0.717) is 17.8 Å². The van der Waals surface area contributed by atoms with E-state index in [2.05, 4.69) is 15.3 Å². The highest BCUT2D eigenvalue weighted by molar-refractivity contribution is 5.79. The van der Waals surface area contributed by atoms with Gasteiger partial charge in [0, 0.05) is 42.1 Å². The van der Waals surface area contributed by atoms with Crippen molar-refractivity contribution in [2.45, 2.75) is 32.0 Å². The summed E-state index contributed by atoms with van der Waals surface area (Å²) < 4.78 is 36.8. The second-order valence-electron chi connectivity index (χ2n) is 8.90. The summed E-state index contributed by atoms with van der Waals surface area (Å²) in [5.74, 6) is 0.117. The van der Waals surface area contributed by atoms with E-state index in [4.69, 9.17) is 18.6 Å². The van der Waals surface area contributed by atoms with Crippen molar-refractivity contribution >= 4 is 28.2 Å². The fraction of sp³-hybridized carbons (Fsp3) is 0.240. The van der Waals surface area contributed by atoms with E-state index in [1.54, 1.807) is 12.1 Å². The number of nitro groups is 1. The number of halogens is 1. The summed E-state index contributed by atoms with van der Waals surface area (Å²) in [5.41, 5.74) is -0.459. The van der Waals surface area contributed by atoms with Crippen molar-refractivity contribution in [1.29, 1.82) is 0 Å². The van der Waals surface area contributed by atoms with Gasteiger partial charge >= 0.3 is 11.3 Å². The van der Waals surface area contributed by atoms with Gasteiger partial charge in [-0.25, -0.2) is 14.8 Å². The summed E-state index contributed by atoms with van der Waals surface area (Å²) in [6.45, 7) is 3.74. The first-order valence-electron chi connectivity index (χ1n) is 11.2. The molecular formula is C25H21FN4O7. The molecule has 1 N–H and O–H groups in total. The van der Waals surface area contributed by atoms with Crippen molar-refractivity contribution in [3.63, 3.8) is 0 Å².